The van der Waals surface area contributed by atoms with Crippen molar-refractivity contribution in [3.63, 3.8) is 0 Å². The van der Waals surface area contributed by atoms with Crippen molar-refractivity contribution in [1.29, 1.82) is 0 Å². The number of carbonyl (C=O) groups excluding carboxylic acids is 2. The molecule has 3 heterocycles. The Morgan fingerprint density at radius 2 is 1.97 bits per heavy atom. The van der Waals surface area contributed by atoms with E-state index < -0.39 is 11.8 Å². The maximum absolute atomic E-state index is 13.7. The number of anilines is 1. The van der Waals surface area contributed by atoms with Crippen molar-refractivity contribution in [3.8, 4) is 0 Å². The predicted octanol–water partition coefficient (Wildman–Crippen LogP) is 2.80. The Labute approximate surface area is 190 Å². The van der Waals surface area contributed by atoms with E-state index in [2.05, 4.69) is 9.88 Å². The Bertz CT molecular complexity index is 978. The molecule has 2 amide bonds. The number of amides is 2. The highest BCUT2D eigenvalue weighted by Crippen LogP contribution is 2.26. The van der Waals surface area contributed by atoms with Gasteiger partial charge in [-0.2, -0.15) is 0 Å². The molecule has 32 heavy (non-hydrogen) atoms. The number of urea groups is 1. The van der Waals surface area contributed by atoms with Crippen LogP contribution in [-0.2, 0) is 16.0 Å². The third kappa shape index (κ3) is 4.85. The average Bonchev–Trinajstić information content (AvgIpc) is 2.78. The lowest BCUT2D eigenvalue weighted by molar-refractivity contribution is -0.0738. The molecule has 2 fully saturated rings. The smallest absolute Gasteiger partial charge is 0.339 e. The minimum atomic E-state index is -0.556. The Morgan fingerprint density at radius 3 is 2.53 bits per heavy atom. The summed E-state index contributed by atoms with van der Waals surface area (Å²) in [6.45, 7) is 4.31. The predicted molar refractivity (Wildman–Crippen MR) is 116 cm³/mol. The van der Waals surface area contributed by atoms with Crippen LogP contribution in [0.15, 0.2) is 36.5 Å². The van der Waals surface area contributed by atoms with Crippen LogP contribution in [0.1, 0.15) is 16.1 Å². The third-order valence-corrected chi connectivity index (χ3v) is 6.02. The molecule has 10 heteroatoms. The molecule has 2 saturated heterocycles. The van der Waals surface area contributed by atoms with Gasteiger partial charge in [-0.3, -0.25) is 14.8 Å². The van der Waals surface area contributed by atoms with E-state index >= 15 is 0 Å². The summed E-state index contributed by atoms with van der Waals surface area (Å²) < 4.78 is 23.7. The molecule has 0 N–H and O–H groups in total. The first-order valence-corrected chi connectivity index (χ1v) is 10.7. The third-order valence-electron chi connectivity index (χ3n) is 5.73. The van der Waals surface area contributed by atoms with Crippen LogP contribution in [-0.4, -0.2) is 79.3 Å². The molecule has 0 spiro atoms. The largest absolute Gasteiger partial charge is 0.465 e. The number of ether oxygens (including phenoxy) is 2. The van der Waals surface area contributed by atoms with Gasteiger partial charge in [-0.05, 0) is 30.3 Å². The van der Waals surface area contributed by atoms with Gasteiger partial charge in [-0.15, -0.1) is 0 Å². The second kappa shape index (κ2) is 9.81. The maximum Gasteiger partial charge on any atom is 0.339 e. The number of halogens is 2. The molecule has 1 aromatic carbocycles. The van der Waals surface area contributed by atoms with Gasteiger partial charge in [0.25, 0.3) is 0 Å². The van der Waals surface area contributed by atoms with E-state index in [1.54, 1.807) is 17.0 Å². The Morgan fingerprint density at radius 1 is 1.22 bits per heavy atom. The van der Waals surface area contributed by atoms with Crippen LogP contribution in [0, 0.1) is 5.82 Å². The number of piperazine rings is 1. The van der Waals surface area contributed by atoms with Crippen molar-refractivity contribution in [3.05, 3.63) is 58.6 Å². The van der Waals surface area contributed by atoms with Crippen molar-refractivity contribution >= 4 is 29.3 Å². The van der Waals surface area contributed by atoms with Crippen molar-refractivity contribution in [2.45, 2.75) is 12.6 Å². The Kier molecular flexibility index (Phi) is 6.88. The number of esters is 1. The molecule has 2 aliphatic heterocycles. The van der Waals surface area contributed by atoms with E-state index in [-0.39, 0.29) is 17.6 Å². The summed E-state index contributed by atoms with van der Waals surface area (Å²) in [4.78, 5) is 35.0. The Balaban J connectivity index is 1.52. The summed E-state index contributed by atoms with van der Waals surface area (Å²) >= 11 is 5.99. The second-order valence-corrected chi connectivity index (χ2v) is 8.12. The van der Waals surface area contributed by atoms with E-state index in [4.69, 9.17) is 21.1 Å². The summed E-state index contributed by atoms with van der Waals surface area (Å²) in [7, 11) is 1.30. The molecule has 0 saturated carbocycles. The summed E-state index contributed by atoms with van der Waals surface area (Å²) in [5.74, 6) is -1.04. The van der Waals surface area contributed by atoms with Crippen molar-refractivity contribution in [2.24, 2.45) is 0 Å². The molecule has 0 bridgehead atoms. The van der Waals surface area contributed by atoms with Gasteiger partial charge in [0.05, 0.1) is 49.2 Å². The zero-order valence-corrected chi connectivity index (χ0v) is 18.4. The highest BCUT2D eigenvalue weighted by Gasteiger charge is 2.32. The number of rotatable bonds is 5. The van der Waals surface area contributed by atoms with Crippen LogP contribution in [0.5, 0.6) is 0 Å². The highest BCUT2D eigenvalue weighted by molar-refractivity contribution is 6.31. The van der Waals surface area contributed by atoms with Crippen LogP contribution in [0.25, 0.3) is 0 Å². The topological polar surface area (TPSA) is 75.2 Å². The molecule has 2 aliphatic rings. The normalized spacial score (nSPS) is 17.0. The highest BCUT2D eigenvalue weighted by atomic mass is 35.5. The summed E-state index contributed by atoms with van der Waals surface area (Å²) in [6.07, 6.45) is 1.40. The van der Waals surface area contributed by atoms with Crippen molar-refractivity contribution < 1.29 is 23.5 Å². The first-order chi connectivity index (χ1) is 15.5. The minimum Gasteiger partial charge on any atom is -0.465 e. The number of carbonyl (C=O) groups is 2. The molecule has 1 aromatic heterocycles. The molecule has 0 aliphatic carbocycles. The lowest BCUT2D eigenvalue weighted by Gasteiger charge is -2.43. The van der Waals surface area contributed by atoms with Crippen LogP contribution >= 0.6 is 11.6 Å². The monoisotopic (exact) mass is 462 g/mol. The lowest BCUT2D eigenvalue weighted by atomic mass is 10.2. The fourth-order valence-corrected chi connectivity index (χ4v) is 3.90. The van der Waals surface area contributed by atoms with Gasteiger partial charge in [0, 0.05) is 38.1 Å². The number of pyridine rings is 1. The van der Waals surface area contributed by atoms with Gasteiger partial charge in [-0.25, -0.2) is 14.0 Å². The van der Waals surface area contributed by atoms with E-state index in [1.807, 2.05) is 0 Å². The number of methoxy groups -OCH3 is 1. The zero-order valence-electron chi connectivity index (χ0n) is 17.7. The molecule has 2 aromatic rings. The van der Waals surface area contributed by atoms with Gasteiger partial charge in [-0.1, -0.05) is 11.6 Å². The van der Waals surface area contributed by atoms with Crippen LogP contribution < -0.4 is 4.90 Å². The number of nitrogens with zero attached hydrogens (tertiary/aromatic N) is 4. The molecular formula is C22H24ClFN4O4. The summed E-state index contributed by atoms with van der Waals surface area (Å²) in [5.41, 5.74) is 1.35. The molecule has 0 unspecified atom stereocenters. The van der Waals surface area contributed by atoms with E-state index in [0.717, 1.165) is 26.3 Å². The maximum atomic E-state index is 13.7. The standard InChI is InChI=1S/C22H24ClFN4O4/c1-31-21(29)15-2-3-16(25-11-15)12-28(17-4-5-20(24)19(23)10-17)22(30)27-8-6-26(7-9-27)18-13-32-14-18/h2-5,10-11,18H,6-9,12-14H2,1H3. The minimum absolute atomic E-state index is 0.0656. The first kappa shape index (κ1) is 22.4. The van der Waals surface area contributed by atoms with Gasteiger partial charge >= 0.3 is 12.0 Å². The molecule has 0 atom stereocenters. The van der Waals surface area contributed by atoms with Crippen LogP contribution in [0.3, 0.4) is 0 Å². The van der Waals surface area contributed by atoms with Crippen molar-refractivity contribution in [1.82, 2.24) is 14.8 Å². The van der Waals surface area contributed by atoms with Crippen LogP contribution in [0.2, 0.25) is 5.02 Å². The molecule has 4 rings (SSSR count). The quantitative estimate of drug-likeness (QED) is 0.636. The Hall–Kier alpha value is -2.75. The first-order valence-electron chi connectivity index (χ1n) is 10.3. The number of hydrogen-bond donors (Lipinski definition) is 0. The number of benzene rings is 1. The molecular weight excluding hydrogens is 439 g/mol. The van der Waals surface area contributed by atoms with Crippen molar-refractivity contribution in [2.75, 3.05) is 51.4 Å². The van der Waals surface area contributed by atoms with Gasteiger partial charge in [0.1, 0.15) is 5.82 Å². The van der Waals surface area contributed by atoms with E-state index in [9.17, 15) is 14.0 Å². The second-order valence-electron chi connectivity index (χ2n) is 7.71. The molecule has 0 radical (unpaired) electrons. The van der Waals surface area contributed by atoms with Gasteiger partial charge < -0.3 is 14.4 Å². The number of hydrogen-bond acceptors (Lipinski definition) is 6. The fourth-order valence-electron chi connectivity index (χ4n) is 3.72. The van der Waals surface area contributed by atoms with Gasteiger partial charge in [0.2, 0.25) is 0 Å². The fraction of sp³-hybridized carbons (Fsp3) is 0.409. The van der Waals surface area contributed by atoms with Crippen LogP contribution in [0.4, 0.5) is 14.9 Å². The zero-order chi connectivity index (χ0) is 22.7. The van der Waals surface area contributed by atoms with E-state index in [1.165, 1.54) is 36.4 Å². The summed E-state index contributed by atoms with van der Waals surface area (Å²) in [5, 5.41) is -0.0656. The molecule has 170 valence electrons. The lowest BCUT2D eigenvalue weighted by Crippen LogP contribution is -2.59. The van der Waals surface area contributed by atoms with E-state index in [0.29, 0.717) is 36.1 Å². The summed E-state index contributed by atoms with van der Waals surface area (Å²) in [6, 6.07) is 7.65. The SMILES string of the molecule is COC(=O)c1ccc(CN(C(=O)N2CCN(C3COC3)CC2)c2ccc(F)c(Cl)c2)nc1. The number of aromatic nitrogens is 1. The average molecular weight is 463 g/mol. The van der Waals surface area contributed by atoms with Gasteiger partial charge in [0.15, 0.2) is 0 Å². The molecule has 8 nitrogen and oxygen atoms in total.